The molecule has 0 heterocycles. The van der Waals surface area contributed by atoms with Crippen LogP contribution < -0.4 is 5.32 Å². The van der Waals surface area contributed by atoms with Crippen molar-refractivity contribution in [2.75, 3.05) is 17.7 Å². The summed E-state index contributed by atoms with van der Waals surface area (Å²) in [7, 11) is 0. The summed E-state index contributed by atoms with van der Waals surface area (Å²) in [5, 5.41) is 22.0. The molecular formula is C14H20N2OS. The average Bonchev–Trinajstić information content (AvgIpc) is 2.39. The fourth-order valence-electron chi connectivity index (χ4n) is 1.59. The van der Waals surface area contributed by atoms with Crippen LogP contribution in [0.15, 0.2) is 23.1 Å². The van der Waals surface area contributed by atoms with Gasteiger partial charge in [-0.05, 0) is 31.2 Å². The normalized spacial score (nSPS) is 13.7. The predicted molar refractivity (Wildman–Crippen MR) is 77.0 cm³/mol. The minimum atomic E-state index is -0.388. The van der Waals surface area contributed by atoms with Gasteiger partial charge in [0.05, 0.1) is 23.4 Å². The van der Waals surface area contributed by atoms with Crippen molar-refractivity contribution in [3.8, 4) is 6.07 Å². The van der Waals surface area contributed by atoms with Crippen LogP contribution in [0.4, 0.5) is 5.69 Å². The number of aliphatic hydroxyl groups is 1. The van der Waals surface area contributed by atoms with E-state index in [1.165, 1.54) is 0 Å². The summed E-state index contributed by atoms with van der Waals surface area (Å²) in [6.07, 6.45) is 0.791. The van der Waals surface area contributed by atoms with E-state index in [0.29, 0.717) is 5.56 Å². The molecule has 0 radical (unpaired) electrons. The maximum absolute atomic E-state index is 9.43. The second-order valence-corrected chi connectivity index (χ2v) is 5.73. The number of benzene rings is 1. The van der Waals surface area contributed by atoms with Gasteiger partial charge in [-0.2, -0.15) is 5.26 Å². The van der Waals surface area contributed by atoms with Gasteiger partial charge >= 0.3 is 0 Å². The Bertz CT molecular complexity index is 436. The Labute approximate surface area is 113 Å². The summed E-state index contributed by atoms with van der Waals surface area (Å²) >= 11 is 1.66. The zero-order valence-electron chi connectivity index (χ0n) is 11.2. The number of hydrogen-bond acceptors (Lipinski definition) is 4. The van der Waals surface area contributed by atoms with Crippen molar-refractivity contribution in [1.29, 1.82) is 5.26 Å². The zero-order chi connectivity index (χ0) is 13.6. The maximum atomic E-state index is 9.43. The van der Waals surface area contributed by atoms with E-state index in [4.69, 9.17) is 0 Å². The van der Waals surface area contributed by atoms with E-state index in [1.54, 1.807) is 11.8 Å². The van der Waals surface area contributed by atoms with Gasteiger partial charge in [-0.15, -0.1) is 11.8 Å². The first kappa shape index (κ1) is 14.9. The number of hydrogen-bond donors (Lipinski definition) is 2. The number of nitriles is 1. The molecule has 0 saturated carbocycles. The minimum absolute atomic E-state index is 0.0412. The standard InChI is InChI=1S/C14H20N2OS/c1-4-14(3,10-17)16-12-7-6-8-13(18-5-2)11(12)9-15/h6-8,16-17H,4-5,10H2,1-3H3. The molecule has 0 aliphatic carbocycles. The largest absolute Gasteiger partial charge is 0.394 e. The first-order valence-electron chi connectivity index (χ1n) is 6.15. The molecule has 3 nitrogen and oxygen atoms in total. The summed E-state index contributed by atoms with van der Waals surface area (Å²) in [5.74, 6) is 0.934. The number of thioether (sulfide) groups is 1. The van der Waals surface area contributed by atoms with Gasteiger partial charge in [0.2, 0.25) is 0 Å². The van der Waals surface area contributed by atoms with Gasteiger partial charge < -0.3 is 10.4 Å². The SMILES string of the molecule is CCSc1cccc(NC(C)(CC)CO)c1C#N. The van der Waals surface area contributed by atoms with E-state index in [9.17, 15) is 10.4 Å². The molecule has 0 amide bonds. The molecule has 0 spiro atoms. The lowest BCUT2D eigenvalue weighted by Gasteiger charge is -2.29. The molecule has 1 atom stereocenters. The molecule has 0 bridgehead atoms. The van der Waals surface area contributed by atoms with Crippen molar-refractivity contribution in [3.63, 3.8) is 0 Å². The monoisotopic (exact) mass is 264 g/mol. The quantitative estimate of drug-likeness (QED) is 0.774. The molecular weight excluding hydrogens is 244 g/mol. The smallest absolute Gasteiger partial charge is 0.102 e. The first-order chi connectivity index (χ1) is 8.60. The lowest BCUT2D eigenvalue weighted by Crippen LogP contribution is -2.38. The van der Waals surface area contributed by atoms with Crippen LogP contribution in [0.25, 0.3) is 0 Å². The molecule has 1 rings (SSSR count). The molecule has 4 heteroatoms. The molecule has 98 valence electrons. The fourth-order valence-corrected chi connectivity index (χ4v) is 2.38. The minimum Gasteiger partial charge on any atom is -0.394 e. The highest BCUT2D eigenvalue weighted by atomic mass is 32.2. The van der Waals surface area contributed by atoms with Crippen molar-refractivity contribution in [2.24, 2.45) is 0 Å². The number of nitrogens with zero attached hydrogens (tertiary/aromatic N) is 1. The lowest BCUT2D eigenvalue weighted by atomic mass is 9.99. The van der Waals surface area contributed by atoms with E-state index in [2.05, 4.69) is 18.3 Å². The number of aliphatic hydroxyl groups excluding tert-OH is 1. The van der Waals surface area contributed by atoms with Crippen LogP contribution in [-0.2, 0) is 0 Å². The second-order valence-electron chi connectivity index (χ2n) is 4.42. The van der Waals surface area contributed by atoms with Gasteiger partial charge in [-0.1, -0.05) is 19.9 Å². The number of anilines is 1. The highest BCUT2D eigenvalue weighted by Gasteiger charge is 2.22. The van der Waals surface area contributed by atoms with Crippen LogP contribution in [0.5, 0.6) is 0 Å². The van der Waals surface area contributed by atoms with Crippen molar-refractivity contribution in [2.45, 2.75) is 37.6 Å². The van der Waals surface area contributed by atoms with E-state index in [0.717, 1.165) is 22.8 Å². The molecule has 0 fully saturated rings. The van der Waals surface area contributed by atoms with Crippen LogP contribution in [0.2, 0.25) is 0 Å². The molecule has 18 heavy (non-hydrogen) atoms. The molecule has 0 saturated heterocycles. The highest BCUT2D eigenvalue weighted by molar-refractivity contribution is 7.99. The van der Waals surface area contributed by atoms with Gasteiger partial charge in [0.15, 0.2) is 0 Å². The van der Waals surface area contributed by atoms with E-state index < -0.39 is 0 Å². The summed E-state index contributed by atoms with van der Waals surface area (Å²) in [5.41, 5.74) is 1.08. The van der Waals surface area contributed by atoms with Crippen molar-refractivity contribution in [3.05, 3.63) is 23.8 Å². The maximum Gasteiger partial charge on any atom is 0.102 e. The Morgan fingerprint density at radius 3 is 2.67 bits per heavy atom. The van der Waals surface area contributed by atoms with Crippen molar-refractivity contribution in [1.82, 2.24) is 0 Å². The second kappa shape index (κ2) is 6.67. The van der Waals surface area contributed by atoms with Gasteiger partial charge in [0, 0.05) is 4.90 Å². The molecule has 0 aliphatic rings. The number of nitrogens with one attached hydrogen (secondary N) is 1. The molecule has 0 aromatic heterocycles. The summed E-state index contributed by atoms with van der Waals surface area (Å²) in [6.45, 7) is 6.07. The van der Waals surface area contributed by atoms with Crippen LogP contribution in [-0.4, -0.2) is 23.0 Å². The Kier molecular flexibility index (Phi) is 5.52. The Morgan fingerprint density at radius 1 is 1.44 bits per heavy atom. The van der Waals surface area contributed by atoms with Crippen LogP contribution in [0, 0.1) is 11.3 Å². The summed E-state index contributed by atoms with van der Waals surface area (Å²) < 4.78 is 0. The van der Waals surface area contributed by atoms with Gasteiger partial charge in [0.1, 0.15) is 6.07 Å². The predicted octanol–water partition coefficient (Wildman–Crippen LogP) is 3.24. The highest BCUT2D eigenvalue weighted by Crippen LogP contribution is 2.30. The molecule has 1 unspecified atom stereocenters. The lowest BCUT2D eigenvalue weighted by molar-refractivity contribution is 0.219. The Hall–Kier alpha value is -1.18. The topological polar surface area (TPSA) is 56.0 Å². The average molecular weight is 264 g/mol. The number of rotatable bonds is 6. The molecule has 1 aromatic carbocycles. The third kappa shape index (κ3) is 3.41. The van der Waals surface area contributed by atoms with Gasteiger partial charge in [-0.3, -0.25) is 0 Å². The third-order valence-electron chi connectivity index (χ3n) is 3.00. The van der Waals surface area contributed by atoms with E-state index >= 15 is 0 Å². The Balaban J connectivity index is 3.10. The van der Waals surface area contributed by atoms with Crippen LogP contribution >= 0.6 is 11.8 Å². The fraction of sp³-hybridized carbons (Fsp3) is 0.500. The van der Waals surface area contributed by atoms with Crippen molar-refractivity contribution < 1.29 is 5.11 Å². The molecule has 0 aliphatic heterocycles. The Morgan fingerprint density at radius 2 is 2.17 bits per heavy atom. The van der Waals surface area contributed by atoms with Gasteiger partial charge in [-0.25, -0.2) is 0 Å². The first-order valence-corrected chi connectivity index (χ1v) is 7.13. The summed E-state index contributed by atoms with van der Waals surface area (Å²) in [4.78, 5) is 0.987. The van der Waals surface area contributed by atoms with Gasteiger partial charge in [0.25, 0.3) is 0 Å². The van der Waals surface area contributed by atoms with Crippen LogP contribution in [0.1, 0.15) is 32.8 Å². The molecule has 2 N–H and O–H groups in total. The van der Waals surface area contributed by atoms with Crippen molar-refractivity contribution >= 4 is 17.4 Å². The zero-order valence-corrected chi connectivity index (χ0v) is 12.0. The van der Waals surface area contributed by atoms with E-state index in [-0.39, 0.29) is 12.1 Å². The van der Waals surface area contributed by atoms with E-state index in [1.807, 2.05) is 32.0 Å². The van der Waals surface area contributed by atoms with Crippen LogP contribution in [0.3, 0.4) is 0 Å². The summed E-state index contributed by atoms with van der Waals surface area (Å²) in [6, 6.07) is 8.04. The molecule has 1 aromatic rings. The third-order valence-corrected chi connectivity index (χ3v) is 3.94.